The van der Waals surface area contributed by atoms with Crippen molar-refractivity contribution in [2.45, 2.75) is 66.5 Å². The molecule has 12 nitrogen and oxygen atoms in total. The fourth-order valence-electron chi connectivity index (χ4n) is 3.94. The van der Waals surface area contributed by atoms with Gasteiger partial charge in [0.15, 0.2) is 0 Å². The first-order chi connectivity index (χ1) is 18.9. The van der Waals surface area contributed by atoms with Crippen LogP contribution in [0.4, 0.5) is 0 Å². The van der Waals surface area contributed by atoms with E-state index in [1.165, 1.54) is 18.2 Å². The second-order valence-electron chi connectivity index (χ2n) is 10.5. The first-order valence-electron chi connectivity index (χ1n) is 13.2. The van der Waals surface area contributed by atoms with Crippen molar-refractivity contribution in [1.29, 1.82) is 0 Å². The third kappa shape index (κ3) is 8.26. The Morgan fingerprint density at radius 2 is 0.975 bits per heavy atom. The van der Waals surface area contributed by atoms with Crippen molar-refractivity contribution in [3.05, 3.63) is 59.2 Å². The predicted molar refractivity (Wildman–Crippen MR) is 151 cm³/mol. The van der Waals surface area contributed by atoms with Gasteiger partial charge in [-0.3, -0.25) is 19.2 Å². The van der Waals surface area contributed by atoms with E-state index < -0.39 is 35.7 Å². The molecule has 0 radical (unpaired) electrons. The fourth-order valence-corrected chi connectivity index (χ4v) is 3.94. The molecule has 0 spiro atoms. The molecule has 40 heavy (non-hydrogen) atoms. The molecule has 12 heteroatoms. The lowest BCUT2D eigenvalue weighted by molar-refractivity contribution is -0.124. The fraction of sp³-hybridized carbons (Fsp3) is 0.429. The third-order valence-electron chi connectivity index (χ3n) is 6.03. The van der Waals surface area contributed by atoms with Gasteiger partial charge in [-0.2, -0.15) is 10.2 Å². The molecule has 4 N–H and O–H groups in total. The van der Waals surface area contributed by atoms with Crippen LogP contribution in [0.15, 0.2) is 46.6 Å². The molecule has 0 aromatic carbocycles. The number of aromatic nitrogens is 2. The minimum Gasteiger partial charge on any atom is -0.339 e. The van der Waals surface area contributed by atoms with Crippen LogP contribution in [0.1, 0.15) is 86.7 Å². The number of carbonyl (C=O) groups excluding carboxylic acids is 4. The number of fused-ring (bicyclic) bond motifs is 4. The van der Waals surface area contributed by atoms with E-state index in [1.54, 1.807) is 32.0 Å². The van der Waals surface area contributed by atoms with Crippen LogP contribution in [0.25, 0.3) is 0 Å². The molecule has 0 saturated carbocycles. The van der Waals surface area contributed by atoms with E-state index in [2.05, 4.69) is 41.7 Å². The number of pyridine rings is 2. The van der Waals surface area contributed by atoms with Crippen molar-refractivity contribution in [2.75, 3.05) is 0 Å². The summed E-state index contributed by atoms with van der Waals surface area (Å²) in [5.41, 5.74) is 6.78. The molecular weight excluding hydrogens is 512 g/mol. The molecule has 1 aliphatic heterocycles. The minimum absolute atomic E-state index is 0.0469. The van der Waals surface area contributed by atoms with Crippen LogP contribution in [0.2, 0.25) is 0 Å². The summed E-state index contributed by atoms with van der Waals surface area (Å²) >= 11 is 0. The molecule has 0 saturated heterocycles. The number of hydrogen-bond acceptors (Lipinski definition) is 8. The van der Waals surface area contributed by atoms with Crippen LogP contribution < -0.4 is 21.5 Å². The number of carbonyl (C=O) groups is 4. The Morgan fingerprint density at radius 1 is 0.625 bits per heavy atom. The van der Waals surface area contributed by atoms with Crippen molar-refractivity contribution in [3.8, 4) is 0 Å². The molecule has 3 heterocycles. The standard InChI is InChI=1S/C28H36N8O4/c1-15(2)13-23-27(39)35-33-17(5)19-9-7-10-20(29-19)18(6)34-36-28(40)24(14-16(3)4)32-26(38)22-12-8-11-21(30-22)25(37)31-23/h7-12,15-16,23-24H,13-14H2,1-6H3,(H,31,37)(H,32,38)(H,35,39)(H,36,40)/b33-17+,34-18+/t23-,24-/m0/s1. The summed E-state index contributed by atoms with van der Waals surface area (Å²) in [5, 5.41) is 13.8. The van der Waals surface area contributed by atoms with Crippen LogP contribution in [-0.2, 0) is 9.59 Å². The number of hydrazone groups is 2. The zero-order chi connectivity index (χ0) is 29.4. The summed E-state index contributed by atoms with van der Waals surface area (Å²) in [4.78, 5) is 60.9. The zero-order valence-corrected chi connectivity index (χ0v) is 23.6. The minimum atomic E-state index is -0.901. The van der Waals surface area contributed by atoms with E-state index in [4.69, 9.17) is 0 Å². The molecule has 212 valence electrons. The number of rotatable bonds is 4. The van der Waals surface area contributed by atoms with Gasteiger partial charge in [0, 0.05) is 0 Å². The highest BCUT2D eigenvalue weighted by molar-refractivity contribution is 6.02. The van der Waals surface area contributed by atoms with Gasteiger partial charge >= 0.3 is 0 Å². The van der Waals surface area contributed by atoms with Gasteiger partial charge in [-0.15, -0.1) is 0 Å². The molecule has 2 aromatic heterocycles. The summed E-state index contributed by atoms with van der Waals surface area (Å²) in [7, 11) is 0. The van der Waals surface area contributed by atoms with Gasteiger partial charge in [-0.25, -0.2) is 20.8 Å². The summed E-state index contributed by atoms with van der Waals surface area (Å²) in [6, 6.07) is 7.82. The van der Waals surface area contributed by atoms with Crippen molar-refractivity contribution < 1.29 is 19.2 Å². The van der Waals surface area contributed by atoms with Crippen molar-refractivity contribution >= 4 is 35.1 Å². The van der Waals surface area contributed by atoms with Crippen molar-refractivity contribution in [2.24, 2.45) is 22.0 Å². The quantitative estimate of drug-likeness (QED) is 0.457. The maximum atomic E-state index is 13.1. The second kappa shape index (κ2) is 13.5. The average Bonchev–Trinajstić information content (AvgIpc) is 2.92. The van der Waals surface area contributed by atoms with Gasteiger partial charge in [0.1, 0.15) is 23.5 Å². The maximum absolute atomic E-state index is 13.1. The largest absolute Gasteiger partial charge is 0.339 e. The number of amides is 4. The van der Waals surface area contributed by atoms with Crippen molar-refractivity contribution in [1.82, 2.24) is 31.5 Å². The topological polar surface area (TPSA) is 167 Å². The smallest absolute Gasteiger partial charge is 0.270 e. The average molecular weight is 549 g/mol. The van der Waals surface area contributed by atoms with E-state index in [9.17, 15) is 19.2 Å². The lowest BCUT2D eigenvalue weighted by atomic mass is 10.0. The lowest BCUT2D eigenvalue weighted by Gasteiger charge is -2.20. The Balaban J connectivity index is 2.04. The van der Waals surface area contributed by atoms with Crippen LogP contribution in [-0.4, -0.2) is 57.1 Å². The monoisotopic (exact) mass is 548 g/mol. The molecular formula is C28H36N8O4. The highest BCUT2D eigenvalue weighted by Crippen LogP contribution is 2.10. The van der Waals surface area contributed by atoms with E-state index in [-0.39, 0.29) is 23.2 Å². The van der Waals surface area contributed by atoms with Gasteiger partial charge in [-0.1, -0.05) is 39.8 Å². The van der Waals surface area contributed by atoms with E-state index >= 15 is 0 Å². The number of nitrogens with one attached hydrogen (secondary N) is 4. The Morgan fingerprint density at radius 3 is 1.35 bits per heavy atom. The summed E-state index contributed by atoms with van der Waals surface area (Å²) in [6.07, 6.45) is 0.698. The van der Waals surface area contributed by atoms with Crippen LogP contribution in [0.3, 0.4) is 0 Å². The highest BCUT2D eigenvalue weighted by atomic mass is 16.2. The lowest BCUT2D eigenvalue weighted by Crippen LogP contribution is -2.47. The first-order valence-corrected chi connectivity index (χ1v) is 13.2. The highest BCUT2D eigenvalue weighted by Gasteiger charge is 2.26. The molecule has 2 atom stereocenters. The Bertz CT molecular complexity index is 1240. The van der Waals surface area contributed by atoms with E-state index in [1.807, 2.05) is 27.7 Å². The first kappa shape index (κ1) is 30.1. The summed E-state index contributed by atoms with van der Waals surface area (Å²) in [6.45, 7) is 11.1. The molecule has 4 bridgehead atoms. The summed E-state index contributed by atoms with van der Waals surface area (Å²) < 4.78 is 0. The molecule has 4 amide bonds. The second-order valence-corrected chi connectivity index (χ2v) is 10.5. The number of hydrogen-bond donors (Lipinski definition) is 4. The van der Waals surface area contributed by atoms with Crippen molar-refractivity contribution in [3.63, 3.8) is 0 Å². The van der Waals surface area contributed by atoms with Gasteiger partial charge in [0.25, 0.3) is 23.6 Å². The van der Waals surface area contributed by atoms with Gasteiger partial charge < -0.3 is 10.6 Å². The molecule has 0 fully saturated rings. The predicted octanol–water partition coefficient (Wildman–Crippen LogP) is 2.16. The van der Waals surface area contributed by atoms with Gasteiger partial charge in [0.2, 0.25) is 0 Å². The summed E-state index contributed by atoms with van der Waals surface area (Å²) in [5.74, 6) is -2.08. The molecule has 3 rings (SSSR count). The van der Waals surface area contributed by atoms with Gasteiger partial charge in [-0.05, 0) is 62.8 Å². The van der Waals surface area contributed by atoms with Crippen LogP contribution in [0, 0.1) is 11.8 Å². The molecule has 2 aromatic rings. The molecule has 1 aliphatic rings. The molecule has 0 unspecified atom stereocenters. The van der Waals surface area contributed by atoms with E-state index in [0.29, 0.717) is 35.7 Å². The third-order valence-corrected chi connectivity index (χ3v) is 6.03. The SMILES string of the molecule is C/C1=N\NC(=O)[C@H](CC(C)C)NC(=O)c2cccc(n2)C(=O)N[C@@H](CC(C)C)C(=O)N/N=C(\C)c2cccc1n2. The Hall–Kier alpha value is -4.48. The van der Waals surface area contributed by atoms with Crippen LogP contribution in [0.5, 0.6) is 0 Å². The van der Waals surface area contributed by atoms with Crippen LogP contribution >= 0.6 is 0 Å². The normalized spacial score (nSPS) is 21.8. The molecule has 0 aliphatic carbocycles. The van der Waals surface area contributed by atoms with E-state index in [0.717, 1.165) is 0 Å². The maximum Gasteiger partial charge on any atom is 0.270 e. The Labute approximate surface area is 233 Å². The Kier molecular flexibility index (Phi) is 10.2. The number of nitrogens with zero attached hydrogens (tertiary/aromatic N) is 4. The zero-order valence-electron chi connectivity index (χ0n) is 23.6. The van der Waals surface area contributed by atoms with Gasteiger partial charge in [0.05, 0.1) is 22.8 Å².